The average Bonchev–Trinajstić information content (AvgIpc) is 2.64. The van der Waals surface area contributed by atoms with Crippen molar-refractivity contribution in [3.63, 3.8) is 0 Å². The van der Waals surface area contributed by atoms with Gasteiger partial charge >= 0.3 is 6.36 Å². The van der Waals surface area contributed by atoms with Crippen molar-refractivity contribution in [1.29, 1.82) is 0 Å². The van der Waals surface area contributed by atoms with E-state index in [-0.39, 0.29) is 30.3 Å². The summed E-state index contributed by atoms with van der Waals surface area (Å²) in [6.45, 7) is -0.0805. The van der Waals surface area contributed by atoms with E-state index >= 15 is 0 Å². The summed E-state index contributed by atoms with van der Waals surface area (Å²) in [4.78, 5) is 26.2. The van der Waals surface area contributed by atoms with Crippen molar-refractivity contribution in [3.8, 4) is 5.75 Å². The van der Waals surface area contributed by atoms with Gasteiger partial charge in [-0.25, -0.2) is 4.68 Å². The highest BCUT2D eigenvalue weighted by Gasteiger charge is 2.30. The number of amides is 1. The van der Waals surface area contributed by atoms with Gasteiger partial charge < -0.3 is 9.64 Å². The number of ether oxygens (including phenoxy) is 1. The molecule has 3 rings (SSSR count). The van der Waals surface area contributed by atoms with E-state index in [1.54, 1.807) is 24.3 Å². The Balaban J connectivity index is 1.67. The predicted octanol–water partition coefficient (Wildman–Crippen LogP) is 2.95. The molecular weight excluding hydrogens is 375 g/mol. The van der Waals surface area contributed by atoms with Gasteiger partial charge in [-0.1, -0.05) is 30.3 Å². The molecule has 146 valence electrons. The molecule has 0 spiro atoms. The molecule has 0 bridgehead atoms. The SMILES string of the molecule is CN(Cc1ccc(OC(F)(F)F)cc1)C(=O)Cn1ncc2ccccc2c1=O. The summed E-state index contributed by atoms with van der Waals surface area (Å²) in [5.41, 5.74) is 0.248. The van der Waals surface area contributed by atoms with Crippen LogP contribution in [-0.2, 0) is 17.9 Å². The van der Waals surface area contributed by atoms with Crippen LogP contribution < -0.4 is 10.3 Å². The molecule has 1 amide bonds. The third-order valence-electron chi connectivity index (χ3n) is 4.05. The summed E-state index contributed by atoms with van der Waals surface area (Å²) in [6.07, 6.45) is -3.24. The quantitative estimate of drug-likeness (QED) is 0.671. The highest BCUT2D eigenvalue weighted by atomic mass is 19.4. The molecule has 2 aromatic carbocycles. The molecule has 0 fully saturated rings. The Hall–Kier alpha value is -3.36. The molecule has 0 atom stereocenters. The standard InChI is InChI=1S/C19H16F3N3O3/c1-24(11-13-6-8-15(9-7-13)28-19(20,21)22)17(26)12-25-18(27)16-5-3-2-4-14(16)10-23-25/h2-10H,11-12H2,1H3. The van der Waals surface area contributed by atoms with Crippen LogP contribution in [0.25, 0.3) is 10.8 Å². The average molecular weight is 391 g/mol. The summed E-state index contributed by atoms with van der Waals surface area (Å²) < 4.78 is 41.5. The van der Waals surface area contributed by atoms with Crippen molar-refractivity contribution < 1.29 is 22.7 Å². The van der Waals surface area contributed by atoms with Crippen molar-refractivity contribution in [3.05, 3.63) is 70.6 Å². The molecule has 3 aromatic rings. The first-order valence-electron chi connectivity index (χ1n) is 8.26. The van der Waals surface area contributed by atoms with Crippen LogP contribution in [0.15, 0.2) is 59.5 Å². The number of hydrogen-bond acceptors (Lipinski definition) is 4. The van der Waals surface area contributed by atoms with Crippen molar-refractivity contribution in [2.24, 2.45) is 0 Å². The number of carbonyl (C=O) groups excluding carboxylic acids is 1. The maximum atomic E-state index is 12.4. The Bertz CT molecular complexity index is 1050. The minimum absolute atomic E-state index is 0.160. The number of likely N-dealkylation sites (N-methyl/N-ethyl adjacent to an activating group) is 1. The summed E-state index contributed by atoms with van der Waals surface area (Å²) in [5.74, 6) is -0.697. The Morgan fingerprint density at radius 2 is 1.82 bits per heavy atom. The van der Waals surface area contributed by atoms with E-state index in [4.69, 9.17) is 0 Å². The summed E-state index contributed by atoms with van der Waals surface area (Å²) >= 11 is 0. The molecule has 0 saturated carbocycles. The van der Waals surface area contributed by atoms with Gasteiger partial charge in [-0.3, -0.25) is 9.59 Å². The van der Waals surface area contributed by atoms with E-state index in [0.29, 0.717) is 16.3 Å². The van der Waals surface area contributed by atoms with Gasteiger partial charge in [0.05, 0.1) is 11.6 Å². The van der Waals surface area contributed by atoms with Crippen molar-refractivity contribution in [2.75, 3.05) is 7.05 Å². The first-order valence-corrected chi connectivity index (χ1v) is 8.26. The second kappa shape index (κ2) is 7.71. The molecule has 6 nitrogen and oxygen atoms in total. The first kappa shape index (κ1) is 19.4. The van der Waals surface area contributed by atoms with Crippen LogP contribution in [0.2, 0.25) is 0 Å². The van der Waals surface area contributed by atoms with E-state index < -0.39 is 6.36 Å². The largest absolute Gasteiger partial charge is 0.573 e. The van der Waals surface area contributed by atoms with Crippen LogP contribution in [-0.4, -0.2) is 34.0 Å². The number of benzene rings is 2. The highest BCUT2D eigenvalue weighted by Crippen LogP contribution is 2.23. The zero-order chi connectivity index (χ0) is 20.3. The third kappa shape index (κ3) is 4.67. The zero-order valence-electron chi connectivity index (χ0n) is 14.8. The van der Waals surface area contributed by atoms with E-state index in [1.807, 2.05) is 0 Å². The number of fused-ring (bicyclic) bond motifs is 1. The number of alkyl halides is 3. The molecule has 0 N–H and O–H groups in total. The normalized spacial score (nSPS) is 11.4. The van der Waals surface area contributed by atoms with Gasteiger partial charge in [-0.2, -0.15) is 5.10 Å². The second-order valence-corrected chi connectivity index (χ2v) is 6.14. The number of halogens is 3. The van der Waals surface area contributed by atoms with Crippen LogP contribution >= 0.6 is 0 Å². The maximum absolute atomic E-state index is 12.4. The van der Waals surface area contributed by atoms with E-state index in [0.717, 1.165) is 4.68 Å². The number of hydrogen-bond donors (Lipinski definition) is 0. The molecule has 9 heteroatoms. The molecule has 0 aliphatic heterocycles. The maximum Gasteiger partial charge on any atom is 0.573 e. The van der Waals surface area contributed by atoms with Crippen LogP contribution in [0, 0.1) is 0 Å². The van der Waals surface area contributed by atoms with Crippen LogP contribution in [0.1, 0.15) is 5.56 Å². The van der Waals surface area contributed by atoms with Gasteiger partial charge in [0.25, 0.3) is 5.56 Å². The Morgan fingerprint density at radius 3 is 2.50 bits per heavy atom. The monoisotopic (exact) mass is 391 g/mol. The number of carbonyl (C=O) groups is 1. The van der Waals surface area contributed by atoms with Gasteiger partial charge in [0.15, 0.2) is 0 Å². The summed E-state index contributed by atoms with van der Waals surface area (Å²) in [6, 6.07) is 12.2. The molecule has 0 unspecified atom stereocenters. The van der Waals surface area contributed by atoms with Crippen molar-refractivity contribution in [2.45, 2.75) is 19.5 Å². The number of nitrogens with zero attached hydrogens (tertiary/aromatic N) is 3. The minimum atomic E-state index is -4.76. The molecule has 0 saturated heterocycles. The van der Waals surface area contributed by atoms with E-state index in [9.17, 15) is 22.8 Å². The van der Waals surface area contributed by atoms with Gasteiger partial charge in [0.2, 0.25) is 5.91 Å². The molecule has 0 radical (unpaired) electrons. The summed E-state index contributed by atoms with van der Waals surface area (Å²) in [5, 5.41) is 5.17. The second-order valence-electron chi connectivity index (χ2n) is 6.14. The zero-order valence-corrected chi connectivity index (χ0v) is 14.8. The Labute approximate surface area is 157 Å². The fourth-order valence-corrected chi connectivity index (χ4v) is 2.65. The van der Waals surface area contributed by atoms with E-state index in [2.05, 4.69) is 9.84 Å². The predicted molar refractivity (Wildman–Crippen MR) is 95.6 cm³/mol. The number of aromatic nitrogens is 2. The molecule has 1 heterocycles. The third-order valence-corrected chi connectivity index (χ3v) is 4.05. The molecule has 28 heavy (non-hydrogen) atoms. The van der Waals surface area contributed by atoms with E-state index in [1.165, 1.54) is 42.4 Å². The van der Waals surface area contributed by atoms with Gasteiger partial charge in [0.1, 0.15) is 12.3 Å². The van der Waals surface area contributed by atoms with Gasteiger partial charge in [-0.05, 0) is 23.8 Å². The molecule has 0 aliphatic rings. The molecular formula is C19H16F3N3O3. The Morgan fingerprint density at radius 1 is 1.14 bits per heavy atom. The lowest BCUT2D eigenvalue weighted by Crippen LogP contribution is -2.34. The van der Waals surface area contributed by atoms with Gasteiger partial charge in [0, 0.05) is 19.0 Å². The fourth-order valence-electron chi connectivity index (χ4n) is 2.65. The lowest BCUT2D eigenvalue weighted by molar-refractivity contribution is -0.274. The smallest absolute Gasteiger partial charge is 0.406 e. The fraction of sp³-hybridized carbons (Fsp3) is 0.211. The minimum Gasteiger partial charge on any atom is -0.406 e. The van der Waals surface area contributed by atoms with Gasteiger partial charge in [-0.15, -0.1) is 13.2 Å². The lowest BCUT2D eigenvalue weighted by atomic mass is 10.2. The first-order chi connectivity index (χ1) is 13.2. The van der Waals surface area contributed by atoms with Crippen LogP contribution in [0.4, 0.5) is 13.2 Å². The van der Waals surface area contributed by atoms with Crippen LogP contribution in [0.3, 0.4) is 0 Å². The lowest BCUT2D eigenvalue weighted by Gasteiger charge is -2.18. The molecule has 0 aliphatic carbocycles. The highest BCUT2D eigenvalue weighted by molar-refractivity contribution is 5.81. The van der Waals surface area contributed by atoms with Crippen molar-refractivity contribution >= 4 is 16.7 Å². The number of rotatable bonds is 5. The molecule has 1 aromatic heterocycles. The Kier molecular flexibility index (Phi) is 5.34. The summed E-state index contributed by atoms with van der Waals surface area (Å²) in [7, 11) is 1.54. The van der Waals surface area contributed by atoms with Crippen LogP contribution in [0.5, 0.6) is 5.75 Å². The topological polar surface area (TPSA) is 64.4 Å². The van der Waals surface area contributed by atoms with Crippen molar-refractivity contribution in [1.82, 2.24) is 14.7 Å².